The molecule has 0 spiro atoms. The number of rotatable bonds is 9. The van der Waals surface area contributed by atoms with Crippen LogP contribution in [0.1, 0.15) is 67.3 Å². The minimum Gasteiger partial charge on any atom is -0.388 e. The van der Waals surface area contributed by atoms with Crippen LogP contribution in [-0.2, 0) is 22.7 Å². The minimum absolute atomic E-state index is 0.00528. The maximum absolute atomic E-state index is 15.0. The van der Waals surface area contributed by atoms with Gasteiger partial charge in [0.15, 0.2) is 5.69 Å². The van der Waals surface area contributed by atoms with Gasteiger partial charge in [0.1, 0.15) is 26.6 Å². The summed E-state index contributed by atoms with van der Waals surface area (Å²) in [5.74, 6) is -1.10. The van der Waals surface area contributed by atoms with E-state index in [9.17, 15) is 35.9 Å². The molecule has 1 aliphatic carbocycles. The molecule has 3 rings (SSSR count). The molecule has 0 unspecified atom stereocenters. The topological polar surface area (TPSA) is 101 Å². The molecule has 2 N–H and O–H groups in total. The van der Waals surface area contributed by atoms with E-state index in [-0.39, 0.29) is 61.6 Å². The summed E-state index contributed by atoms with van der Waals surface area (Å²) < 4.78 is 76.9. The van der Waals surface area contributed by atoms with Crippen LogP contribution in [0, 0.1) is 5.82 Å². The lowest BCUT2D eigenvalue weighted by molar-refractivity contribution is -0.135. The van der Waals surface area contributed by atoms with Gasteiger partial charge >= 0.3 is 6.18 Å². The lowest BCUT2D eigenvalue weighted by atomic mass is 9.84. The van der Waals surface area contributed by atoms with Gasteiger partial charge in [-0.1, -0.05) is 24.6 Å². The van der Waals surface area contributed by atoms with E-state index in [2.05, 4.69) is 10.3 Å². The Hall–Kier alpha value is -2.18. The average molecular weight is 568 g/mol. The molecule has 0 saturated heterocycles. The summed E-state index contributed by atoms with van der Waals surface area (Å²) in [5.41, 5.74) is -1.03. The highest BCUT2D eigenvalue weighted by molar-refractivity contribution is 7.91. The molecule has 1 fully saturated rings. The fraction of sp³-hybridized carbons (Fsp3) is 0.583. The van der Waals surface area contributed by atoms with Gasteiger partial charge in [-0.25, -0.2) is 17.8 Å². The molecular weight excluding hydrogens is 538 g/mol. The predicted octanol–water partition coefficient (Wildman–Crippen LogP) is 4.56. The molecule has 0 aliphatic heterocycles. The van der Waals surface area contributed by atoms with Crippen LogP contribution in [0.5, 0.6) is 0 Å². The second-order valence-electron chi connectivity index (χ2n) is 9.55. The number of sulfone groups is 1. The molecule has 1 aromatic carbocycles. The Bertz CT molecular complexity index is 1240. The minimum atomic E-state index is -4.28. The molecular formula is C24H30ClF4N3O4S. The average Bonchev–Trinajstić information content (AvgIpc) is 3.12. The van der Waals surface area contributed by atoms with E-state index in [1.807, 2.05) is 0 Å². The zero-order valence-corrected chi connectivity index (χ0v) is 22.1. The third-order valence-electron chi connectivity index (χ3n) is 6.65. The zero-order chi connectivity index (χ0) is 27.6. The maximum atomic E-state index is 15.0. The molecule has 2 aromatic rings. The first-order chi connectivity index (χ1) is 17.1. The first-order valence-corrected chi connectivity index (χ1v) is 14.3. The Morgan fingerprint density at radius 3 is 2.49 bits per heavy atom. The predicted molar refractivity (Wildman–Crippen MR) is 131 cm³/mol. The third-order valence-corrected chi connectivity index (χ3v) is 8.68. The summed E-state index contributed by atoms with van der Waals surface area (Å²) in [6, 6.07) is 4.03. The van der Waals surface area contributed by atoms with Crippen molar-refractivity contribution in [2.45, 2.75) is 75.3 Å². The van der Waals surface area contributed by atoms with Crippen LogP contribution < -0.4 is 5.32 Å². The number of halogens is 5. The number of nitrogens with one attached hydrogen (secondary N) is 1. The molecule has 1 aromatic heterocycles. The largest absolute Gasteiger partial charge is 0.389 e. The second kappa shape index (κ2) is 11.3. The van der Waals surface area contributed by atoms with E-state index in [1.165, 1.54) is 16.7 Å². The molecule has 1 amide bonds. The molecule has 37 heavy (non-hydrogen) atoms. The van der Waals surface area contributed by atoms with Gasteiger partial charge in [-0.2, -0.15) is 13.2 Å². The summed E-state index contributed by atoms with van der Waals surface area (Å²) in [6.07, 6.45) is -2.92. The van der Waals surface area contributed by atoms with Crippen molar-refractivity contribution in [3.8, 4) is 5.69 Å². The van der Waals surface area contributed by atoms with Crippen molar-refractivity contribution in [2.75, 3.05) is 12.8 Å². The highest BCUT2D eigenvalue weighted by Crippen LogP contribution is 2.32. The molecule has 1 aliphatic rings. The van der Waals surface area contributed by atoms with Gasteiger partial charge in [0.2, 0.25) is 0 Å². The van der Waals surface area contributed by atoms with Crippen LogP contribution >= 0.6 is 11.6 Å². The maximum Gasteiger partial charge on any atom is 0.389 e. The highest BCUT2D eigenvalue weighted by atomic mass is 35.5. The number of imidazole rings is 1. The van der Waals surface area contributed by atoms with Crippen molar-refractivity contribution in [1.82, 2.24) is 14.9 Å². The normalized spacial score (nSPS) is 20.7. The molecule has 1 heterocycles. The van der Waals surface area contributed by atoms with Crippen molar-refractivity contribution in [3.63, 3.8) is 0 Å². The zero-order valence-electron chi connectivity index (χ0n) is 20.5. The van der Waals surface area contributed by atoms with Gasteiger partial charge in [-0.15, -0.1) is 0 Å². The summed E-state index contributed by atoms with van der Waals surface area (Å²) in [5, 5.41) is 12.7. The molecule has 7 nitrogen and oxygen atoms in total. The Balaban J connectivity index is 1.73. The number of hydrogen-bond acceptors (Lipinski definition) is 5. The van der Waals surface area contributed by atoms with E-state index >= 15 is 0 Å². The van der Waals surface area contributed by atoms with Crippen molar-refractivity contribution in [1.29, 1.82) is 0 Å². The van der Waals surface area contributed by atoms with Crippen molar-refractivity contribution in [3.05, 3.63) is 46.3 Å². The molecule has 0 atom stereocenters. The molecule has 206 valence electrons. The number of amides is 1. The van der Waals surface area contributed by atoms with Gasteiger partial charge in [-0.05, 0) is 56.2 Å². The second-order valence-corrected chi connectivity index (χ2v) is 12.2. The lowest BCUT2D eigenvalue weighted by Gasteiger charge is -2.35. The first-order valence-electron chi connectivity index (χ1n) is 12.0. The van der Waals surface area contributed by atoms with Crippen LogP contribution in [0.3, 0.4) is 0 Å². The molecule has 1 saturated carbocycles. The van der Waals surface area contributed by atoms with Gasteiger partial charge in [-0.3, -0.25) is 9.36 Å². The Labute approximate surface area is 218 Å². The Morgan fingerprint density at radius 1 is 1.30 bits per heavy atom. The van der Waals surface area contributed by atoms with Crippen LogP contribution in [0.4, 0.5) is 17.6 Å². The van der Waals surface area contributed by atoms with Crippen molar-refractivity contribution < 1.29 is 35.9 Å². The van der Waals surface area contributed by atoms with Crippen LogP contribution in [-0.4, -0.2) is 58.8 Å². The van der Waals surface area contributed by atoms with E-state index in [1.54, 1.807) is 6.92 Å². The number of aryl methyl sites for hydroxylation is 2. The van der Waals surface area contributed by atoms with Crippen LogP contribution in [0.25, 0.3) is 5.69 Å². The van der Waals surface area contributed by atoms with Gasteiger partial charge in [0.05, 0.1) is 16.5 Å². The first kappa shape index (κ1) is 29.4. The number of alkyl halides is 3. The summed E-state index contributed by atoms with van der Waals surface area (Å²) in [4.78, 5) is 17.1. The summed E-state index contributed by atoms with van der Waals surface area (Å²) >= 11 is 6.43. The molecule has 0 radical (unpaired) electrons. The number of carbonyl (C=O) groups is 1. The van der Waals surface area contributed by atoms with Crippen molar-refractivity contribution >= 4 is 27.3 Å². The SMILES string of the molecule is CCc1nc(C(=O)NC[C@]2(O)CC[C@@H](S(C)(=O)=O)CC2)c(Cl)n1-c1ccc(CCCC(F)(F)F)cc1F. The fourth-order valence-electron chi connectivity index (χ4n) is 4.51. The van der Waals surface area contributed by atoms with E-state index < -0.39 is 45.0 Å². The fourth-order valence-corrected chi connectivity index (χ4v) is 5.92. The number of carbonyl (C=O) groups excluding carboxylic acids is 1. The van der Waals surface area contributed by atoms with Gasteiger partial charge < -0.3 is 10.4 Å². The van der Waals surface area contributed by atoms with Crippen molar-refractivity contribution in [2.24, 2.45) is 0 Å². The number of aromatic nitrogens is 2. The Morgan fingerprint density at radius 2 is 1.95 bits per heavy atom. The van der Waals surface area contributed by atoms with E-state index in [0.717, 1.165) is 12.3 Å². The molecule has 0 bridgehead atoms. The number of hydrogen-bond donors (Lipinski definition) is 2. The van der Waals surface area contributed by atoms with Crippen LogP contribution in [0.15, 0.2) is 18.2 Å². The highest BCUT2D eigenvalue weighted by Gasteiger charge is 2.37. The quantitative estimate of drug-likeness (QED) is 0.433. The standard InChI is InChI=1S/C24H30ClF4N3O4S/c1-3-19-31-20(22(33)30-14-23(34)11-8-16(9-12-23)37(2,35)36)21(25)32(19)18-7-6-15(13-17(18)26)5-4-10-24(27,28)29/h6-7,13,16,34H,3-5,8-12,14H2,1-2H3,(H,30,33)/t16-,23+. The summed E-state index contributed by atoms with van der Waals surface area (Å²) in [7, 11) is -3.21. The Kier molecular flexibility index (Phi) is 8.96. The van der Waals surface area contributed by atoms with Gasteiger partial charge in [0, 0.05) is 25.6 Å². The van der Waals surface area contributed by atoms with E-state index in [0.29, 0.717) is 17.8 Å². The van der Waals surface area contributed by atoms with Gasteiger partial charge in [0.25, 0.3) is 5.91 Å². The smallest absolute Gasteiger partial charge is 0.388 e. The number of nitrogens with zero attached hydrogens (tertiary/aromatic N) is 2. The third kappa shape index (κ3) is 7.44. The number of benzene rings is 1. The van der Waals surface area contributed by atoms with E-state index in [4.69, 9.17) is 11.6 Å². The molecule has 13 heteroatoms. The number of aliphatic hydroxyl groups is 1. The summed E-state index contributed by atoms with van der Waals surface area (Å²) in [6.45, 7) is 1.61. The monoisotopic (exact) mass is 567 g/mol. The van der Waals surface area contributed by atoms with Crippen LogP contribution in [0.2, 0.25) is 5.15 Å². The lowest BCUT2D eigenvalue weighted by Crippen LogP contribution is -2.47.